The first-order valence-electron chi connectivity index (χ1n) is 5.65. The Morgan fingerprint density at radius 3 is 2.39 bits per heavy atom. The van der Waals surface area contributed by atoms with Crippen molar-refractivity contribution in [3.63, 3.8) is 0 Å². The molecule has 0 amide bonds. The molecule has 94 valence electrons. The lowest BCUT2D eigenvalue weighted by atomic mass is 10.00. The number of aryl methyl sites for hydroxylation is 2. The molecule has 0 bridgehead atoms. The second kappa shape index (κ2) is 5.29. The van der Waals surface area contributed by atoms with Crippen LogP contribution < -0.4 is 0 Å². The maximum Gasteiger partial charge on any atom is 0.128 e. The van der Waals surface area contributed by atoms with Crippen LogP contribution in [0.2, 0.25) is 5.02 Å². The number of alkyl halides is 1. The van der Waals surface area contributed by atoms with Gasteiger partial charge in [-0.05, 0) is 48.7 Å². The number of halogens is 3. The maximum absolute atomic E-state index is 13.7. The molecular formula is C15H13Cl2F. The van der Waals surface area contributed by atoms with E-state index >= 15 is 0 Å². The lowest BCUT2D eigenvalue weighted by Crippen LogP contribution is -1.98. The van der Waals surface area contributed by atoms with Crippen molar-refractivity contribution in [3.05, 3.63) is 69.5 Å². The fraction of sp³-hybridized carbons (Fsp3) is 0.200. The monoisotopic (exact) mass is 282 g/mol. The van der Waals surface area contributed by atoms with Crippen LogP contribution in [0.25, 0.3) is 0 Å². The van der Waals surface area contributed by atoms with Crippen molar-refractivity contribution in [2.45, 2.75) is 19.2 Å². The van der Waals surface area contributed by atoms with Crippen LogP contribution in [0.15, 0.2) is 36.4 Å². The normalized spacial score (nSPS) is 12.5. The van der Waals surface area contributed by atoms with Gasteiger partial charge in [0.1, 0.15) is 5.82 Å². The molecule has 0 saturated heterocycles. The van der Waals surface area contributed by atoms with Crippen molar-refractivity contribution in [1.82, 2.24) is 0 Å². The molecule has 1 unspecified atom stereocenters. The number of benzene rings is 2. The minimum Gasteiger partial charge on any atom is -0.207 e. The van der Waals surface area contributed by atoms with Gasteiger partial charge in [0.2, 0.25) is 0 Å². The molecule has 0 heterocycles. The van der Waals surface area contributed by atoms with E-state index in [9.17, 15) is 4.39 Å². The third-order valence-corrected chi connectivity index (χ3v) is 3.78. The zero-order valence-electron chi connectivity index (χ0n) is 10.2. The Bertz CT molecular complexity index is 579. The van der Waals surface area contributed by atoms with Crippen molar-refractivity contribution < 1.29 is 4.39 Å². The zero-order chi connectivity index (χ0) is 13.3. The summed E-state index contributed by atoms with van der Waals surface area (Å²) >= 11 is 12.2. The van der Waals surface area contributed by atoms with Crippen LogP contribution >= 0.6 is 23.2 Å². The molecule has 0 aliphatic heterocycles. The summed E-state index contributed by atoms with van der Waals surface area (Å²) in [7, 11) is 0. The van der Waals surface area contributed by atoms with Gasteiger partial charge in [-0.25, -0.2) is 4.39 Å². The van der Waals surface area contributed by atoms with Gasteiger partial charge in [-0.3, -0.25) is 0 Å². The molecule has 0 saturated carbocycles. The Labute approximate surface area is 116 Å². The first kappa shape index (κ1) is 13.4. The SMILES string of the molecule is Cc1ccc(C(Cl)c2cc(Cl)ccc2F)cc1C. The van der Waals surface area contributed by atoms with E-state index in [1.165, 1.54) is 17.7 Å². The Morgan fingerprint density at radius 1 is 1.00 bits per heavy atom. The van der Waals surface area contributed by atoms with E-state index in [1.54, 1.807) is 6.07 Å². The highest BCUT2D eigenvalue weighted by atomic mass is 35.5. The highest BCUT2D eigenvalue weighted by molar-refractivity contribution is 6.30. The quantitative estimate of drug-likeness (QED) is 0.645. The molecule has 1 atom stereocenters. The van der Waals surface area contributed by atoms with Gasteiger partial charge >= 0.3 is 0 Å². The smallest absolute Gasteiger partial charge is 0.128 e. The highest BCUT2D eigenvalue weighted by Crippen LogP contribution is 2.32. The van der Waals surface area contributed by atoms with Gasteiger partial charge in [-0.15, -0.1) is 11.6 Å². The minimum absolute atomic E-state index is 0.336. The molecule has 0 fully saturated rings. The maximum atomic E-state index is 13.7. The van der Waals surface area contributed by atoms with E-state index in [-0.39, 0.29) is 5.82 Å². The summed E-state index contributed by atoms with van der Waals surface area (Å²) in [4.78, 5) is 0. The average molecular weight is 283 g/mol. The van der Waals surface area contributed by atoms with Crippen molar-refractivity contribution in [2.75, 3.05) is 0 Å². The lowest BCUT2D eigenvalue weighted by Gasteiger charge is -2.13. The molecule has 2 aromatic rings. The summed E-state index contributed by atoms with van der Waals surface area (Å²) in [6.07, 6.45) is 0. The third-order valence-electron chi connectivity index (χ3n) is 3.05. The second-order valence-electron chi connectivity index (χ2n) is 4.37. The predicted molar refractivity (Wildman–Crippen MR) is 75.0 cm³/mol. The van der Waals surface area contributed by atoms with Gasteiger partial charge in [0.05, 0.1) is 5.38 Å². The summed E-state index contributed by atoms with van der Waals surface area (Å²) in [5, 5.41) is -0.0381. The molecule has 0 N–H and O–H groups in total. The molecular weight excluding hydrogens is 270 g/mol. The fourth-order valence-electron chi connectivity index (χ4n) is 1.81. The average Bonchev–Trinajstić information content (AvgIpc) is 2.35. The fourth-order valence-corrected chi connectivity index (χ4v) is 2.29. The molecule has 2 aromatic carbocycles. The van der Waals surface area contributed by atoms with E-state index in [0.717, 1.165) is 11.1 Å². The van der Waals surface area contributed by atoms with Crippen LogP contribution in [0.5, 0.6) is 0 Å². The number of hydrogen-bond donors (Lipinski definition) is 0. The van der Waals surface area contributed by atoms with Crippen LogP contribution in [-0.2, 0) is 0 Å². The zero-order valence-corrected chi connectivity index (χ0v) is 11.7. The Morgan fingerprint density at radius 2 is 1.72 bits per heavy atom. The van der Waals surface area contributed by atoms with Crippen LogP contribution in [0.4, 0.5) is 4.39 Å². The standard InChI is InChI=1S/C15H13Cl2F/c1-9-3-4-11(7-10(9)2)15(17)13-8-12(16)5-6-14(13)18/h3-8,15H,1-2H3. The first-order chi connectivity index (χ1) is 8.49. The molecule has 18 heavy (non-hydrogen) atoms. The van der Waals surface area contributed by atoms with Crippen LogP contribution in [-0.4, -0.2) is 0 Å². The van der Waals surface area contributed by atoms with Gasteiger partial charge in [0.15, 0.2) is 0 Å². The number of rotatable bonds is 2. The van der Waals surface area contributed by atoms with E-state index in [4.69, 9.17) is 23.2 Å². The van der Waals surface area contributed by atoms with E-state index in [1.807, 2.05) is 32.0 Å². The predicted octanol–water partition coefficient (Wildman–Crippen LogP) is 5.42. The highest BCUT2D eigenvalue weighted by Gasteiger charge is 2.16. The topological polar surface area (TPSA) is 0 Å². The van der Waals surface area contributed by atoms with Gasteiger partial charge < -0.3 is 0 Å². The Kier molecular flexibility index (Phi) is 3.94. The molecule has 2 rings (SSSR count). The van der Waals surface area contributed by atoms with Gasteiger partial charge in [-0.2, -0.15) is 0 Å². The largest absolute Gasteiger partial charge is 0.207 e. The lowest BCUT2D eigenvalue weighted by molar-refractivity contribution is 0.612. The molecule has 3 heteroatoms. The molecule has 0 radical (unpaired) electrons. The van der Waals surface area contributed by atoms with Crippen LogP contribution in [0.1, 0.15) is 27.6 Å². The van der Waals surface area contributed by atoms with Crippen molar-refractivity contribution in [3.8, 4) is 0 Å². The summed E-state index contributed by atoms with van der Waals surface area (Å²) in [6, 6.07) is 10.3. The van der Waals surface area contributed by atoms with E-state index < -0.39 is 5.38 Å². The summed E-state index contributed by atoms with van der Waals surface area (Å²) < 4.78 is 13.7. The molecule has 0 aliphatic rings. The second-order valence-corrected chi connectivity index (χ2v) is 5.24. The van der Waals surface area contributed by atoms with E-state index in [0.29, 0.717) is 10.6 Å². The van der Waals surface area contributed by atoms with Crippen molar-refractivity contribution in [2.24, 2.45) is 0 Å². The van der Waals surface area contributed by atoms with Crippen LogP contribution in [0, 0.1) is 19.7 Å². The molecule has 0 aliphatic carbocycles. The summed E-state index contributed by atoms with van der Waals surface area (Å²) in [5.41, 5.74) is 3.61. The van der Waals surface area contributed by atoms with E-state index in [2.05, 4.69) is 0 Å². The Hall–Kier alpha value is -1.05. The van der Waals surface area contributed by atoms with Crippen molar-refractivity contribution >= 4 is 23.2 Å². The van der Waals surface area contributed by atoms with Crippen molar-refractivity contribution in [1.29, 1.82) is 0 Å². The molecule has 0 spiro atoms. The van der Waals surface area contributed by atoms with Crippen LogP contribution in [0.3, 0.4) is 0 Å². The van der Waals surface area contributed by atoms with Gasteiger partial charge in [-0.1, -0.05) is 29.8 Å². The summed E-state index contributed by atoms with van der Waals surface area (Å²) in [6.45, 7) is 4.04. The third kappa shape index (κ3) is 2.68. The van der Waals surface area contributed by atoms with Gasteiger partial charge in [0.25, 0.3) is 0 Å². The number of hydrogen-bond acceptors (Lipinski definition) is 0. The first-order valence-corrected chi connectivity index (χ1v) is 6.46. The molecule has 0 nitrogen and oxygen atoms in total. The minimum atomic E-state index is -0.525. The summed E-state index contributed by atoms with van der Waals surface area (Å²) in [5.74, 6) is -0.336. The molecule has 0 aromatic heterocycles. The Balaban J connectivity index is 2.44. The van der Waals surface area contributed by atoms with Gasteiger partial charge in [0, 0.05) is 10.6 Å².